The zero-order valence-corrected chi connectivity index (χ0v) is 12.4. The van der Waals surface area contributed by atoms with Gasteiger partial charge in [0.25, 0.3) is 0 Å². The number of carbonyl (C=O) groups is 1. The van der Waals surface area contributed by atoms with Crippen LogP contribution in [-0.2, 0) is 4.74 Å². The Hall–Kier alpha value is -1.30. The van der Waals surface area contributed by atoms with Crippen molar-refractivity contribution in [1.82, 2.24) is 10.2 Å². The lowest BCUT2D eigenvalue weighted by Gasteiger charge is -2.41. The molecule has 0 aliphatic carbocycles. The van der Waals surface area contributed by atoms with Crippen LogP contribution in [0.2, 0.25) is 0 Å². The number of likely N-dealkylation sites (tertiary alicyclic amines) is 1. The minimum Gasteiger partial charge on any atom is -0.444 e. The molecule has 4 N–H and O–H groups in total. The van der Waals surface area contributed by atoms with Gasteiger partial charge >= 0.3 is 6.09 Å². The zero-order chi connectivity index (χ0) is 14.7. The summed E-state index contributed by atoms with van der Waals surface area (Å²) in [4.78, 5) is 14.2. The van der Waals surface area contributed by atoms with Crippen LogP contribution in [0.15, 0.2) is 0 Å². The van der Waals surface area contributed by atoms with E-state index >= 15 is 0 Å². The van der Waals surface area contributed by atoms with Gasteiger partial charge in [-0.25, -0.2) is 4.79 Å². The number of ether oxygens (including phenoxy) is 1. The Labute approximate surface area is 115 Å². The minimum absolute atomic E-state index is 0.00844. The third-order valence-electron chi connectivity index (χ3n) is 3.41. The lowest BCUT2D eigenvalue weighted by atomic mass is 9.86. The molecule has 0 radical (unpaired) electrons. The standard InChI is InChI=1S/C13H26N4O2/c1-5-17-8-6-13(7-9-17,10(14)15)16-11(18)19-12(2,3)4/h5-9H2,1-4H3,(H3,14,15)(H,16,18). The number of nitrogens with zero attached hydrogens (tertiary/aromatic N) is 1. The van der Waals surface area contributed by atoms with E-state index in [-0.39, 0.29) is 5.84 Å². The van der Waals surface area contributed by atoms with Crippen LogP contribution in [0.3, 0.4) is 0 Å². The van der Waals surface area contributed by atoms with Gasteiger partial charge in [0.05, 0.1) is 0 Å². The number of amides is 1. The fourth-order valence-corrected chi connectivity index (χ4v) is 2.21. The summed E-state index contributed by atoms with van der Waals surface area (Å²) >= 11 is 0. The average Bonchev–Trinajstić information content (AvgIpc) is 2.27. The van der Waals surface area contributed by atoms with Gasteiger partial charge in [-0.1, -0.05) is 6.92 Å². The van der Waals surface area contributed by atoms with E-state index in [1.807, 2.05) is 20.8 Å². The molecule has 1 rings (SSSR count). The Balaban J connectivity index is 2.69. The fourth-order valence-electron chi connectivity index (χ4n) is 2.21. The van der Waals surface area contributed by atoms with Crippen LogP contribution < -0.4 is 11.1 Å². The Morgan fingerprint density at radius 3 is 2.32 bits per heavy atom. The predicted octanol–water partition coefficient (Wildman–Crippen LogP) is 1.30. The Kier molecular flexibility index (Phi) is 4.79. The SMILES string of the molecule is CCN1CCC(NC(=O)OC(C)(C)C)(C(=N)N)CC1. The summed E-state index contributed by atoms with van der Waals surface area (Å²) in [6.07, 6.45) is 0.790. The summed E-state index contributed by atoms with van der Waals surface area (Å²) in [6.45, 7) is 10.2. The summed E-state index contributed by atoms with van der Waals surface area (Å²) in [5, 5.41) is 10.6. The Morgan fingerprint density at radius 1 is 1.42 bits per heavy atom. The van der Waals surface area contributed by atoms with Crippen LogP contribution in [0.1, 0.15) is 40.5 Å². The van der Waals surface area contributed by atoms with Crippen LogP contribution in [0.25, 0.3) is 0 Å². The molecule has 1 aliphatic rings. The maximum atomic E-state index is 11.9. The molecule has 0 atom stereocenters. The van der Waals surface area contributed by atoms with Crippen molar-refractivity contribution in [2.45, 2.75) is 51.7 Å². The van der Waals surface area contributed by atoms with Crippen LogP contribution in [0, 0.1) is 5.41 Å². The summed E-state index contributed by atoms with van der Waals surface area (Å²) < 4.78 is 5.25. The molecule has 0 spiro atoms. The smallest absolute Gasteiger partial charge is 0.408 e. The van der Waals surface area contributed by atoms with Crippen LogP contribution >= 0.6 is 0 Å². The van der Waals surface area contributed by atoms with E-state index in [9.17, 15) is 4.79 Å². The lowest BCUT2D eigenvalue weighted by molar-refractivity contribution is 0.0446. The molecule has 1 heterocycles. The molecule has 19 heavy (non-hydrogen) atoms. The normalized spacial score (nSPS) is 19.8. The molecule has 0 aromatic carbocycles. The van der Waals surface area contributed by atoms with Crippen LogP contribution in [-0.4, -0.2) is 47.6 Å². The Bertz CT molecular complexity index is 341. The van der Waals surface area contributed by atoms with Gasteiger partial charge in [-0.05, 0) is 40.2 Å². The molecular weight excluding hydrogens is 244 g/mol. The molecule has 1 amide bonds. The van der Waals surface area contributed by atoms with Crippen molar-refractivity contribution in [2.24, 2.45) is 5.73 Å². The number of nitrogens with one attached hydrogen (secondary N) is 2. The number of hydrogen-bond donors (Lipinski definition) is 3. The molecule has 1 aliphatic heterocycles. The highest BCUT2D eigenvalue weighted by Gasteiger charge is 2.39. The first-order valence-electron chi connectivity index (χ1n) is 6.76. The van der Waals surface area contributed by atoms with E-state index in [1.165, 1.54) is 0 Å². The highest BCUT2D eigenvalue weighted by Crippen LogP contribution is 2.23. The minimum atomic E-state index is -0.756. The first kappa shape index (κ1) is 15.8. The van der Waals surface area contributed by atoms with Crippen molar-refractivity contribution in [1.29, 1.82) is 5.41 Å². The second-order valence-corrected chi connectivity index (χ2v) is 6.06. The van der Waals surface area contributed by atoms with E-state index in [4.69, 9.17) is 15.9 Å². The van der Waals surface area contributed by atoms with E-state index < -0.39 is 17.2 Å². The molecule has 0 saturated carbocycles. The number of carbonyl (C=O) groups excluding carboxylic acids is 1. The highest BCUT2D eigenvalue weighted by molar-refractivity contribution is 5.91. The largest absolute Gasteiger partial charge is 0.444 e. The lowest BCUT2D eigenvalue weighted by Crippen LogP contribution is -2.62. The van der Waals surface area contributed by atoms with Crippen molar-refractivity contribution in [2.75, 3.05) is 19.6 Å². The van der Waals surface area contributed by atoms with Gasteiger partial charge in [0.1, 0.15) is 17.0 Å². The highest BCUT2D eigenvalue weighted by atomic mass is 16.6. The number of amidine groups is 1. The number of rotatable bonds is 3. The first-order valence-corrected chi connectivity index (χ1v) is 6.76. The monoisotopic (exact) mass is 270 g/mol. The van der Waals surface area contributed by atoms with Gasteiger partial charge < -0.3 is 20.7 Å². The quantitative estimate of drug-likeness (QED) is 0.532. The number of nitrogens with two attached hydrogens (primary N) is 1. The van der Waals surface area contributed by atoms with Crippen molar-refractivity contribution < 1.29 is 9.53 Å². The Morgan fingerprint density at radius 2 is 1.95 bits per heavy atom. The van der Waals surface area contributed by atoms with E-state index in [2.05, 4.69) is 17.1 Å². The van der Waals surface area contributed by atoms with Gasteiger partial charge in [-0.2, -0.15) is 0 Å². The van der Waals surface area contributed by atoms with E-state index in [0.717, 1.165) is 19.6 Å². The van der Waals surface area contributed by atoms with E-state index in [1.54, 1.807) is 0 Å². The summed E-state index contributed by atoms with van der Waals surface area (Å²) in [5.74, 6) is 0.00844. The number of alkyl carbamates (subject to hydrolysis) is 1. The van der Waals surface area contributed by atoms with Gasteiger partial charge in [0.15, 0.2) is 0 Å². The second-order valence-electron chi connectivity index (χ2n) is 6.06. The van der Waals surface area contributed by atoms with Gasteiger partial charge in [-0.15, -0.1) is 0 Å². The molecule has 6 heteroatoms. The fraction of sp³-hybridized carbons (Fsp3) is 0.846. The second kappa shape index (κ2) is 5.77. The van der Waals surface area contributed by atoms with Gasteiger partial charge in [-0.3, -0.25) is 5.41 Å². The van der Waals surface area contributed by atoms with Crippen molar-refractivity contribution in [3.8, 4) is 0 Å². The predicted molar refractivity (Wildman–Crippen MR) is 75.4 cm³/mol. The van der Waals surface area contributed by atoms with Crippen molar-refractivity contribution >= 4 is 11.9 Å². The molecule has 1 saturated heterocycles. The van der Waals surface area contributed by atoms with E-state index in [0.29, 0.717) is 12.8 Å². The van der Waals surface area contributed by atoms with Gasteiger partial charge in [0.2, 0.25) is 0 Å². The van der Waals surface area contributed by atoms with Crippen molar-refractivity contribution in [3.05, 3.63) is 0 Å². The molecule has 0 aromatic heterocycles. The molecule has 6 nitrogen and oxygen atoms in total. The summed E-state index contributed by atoms with van der Waals surface area (Å²) in [7, 11) is 0. The maximum Gasteiger partial charge on any atom is 0.408 e. The van der Waals surface area contributed by atoms with Crippen LogP contribution in [0.4, 0.5) is 4.79 Å². The molecule has 0 aromatic rings. The molecule has 110 valence electrons. The zero-order valence-electron chi connectivity index (χ0n) is 12.4. The molecular formula is C13H26N4O2. The third kappa shape index (κ3) is 4.38. The van der Waals surface area contributed by atoms with Crippen LogP contribution in [0.5, 0.6) is 0 Å². The molecule has 0 unspecified atom stereocenters. The summed E-state index contributed by atoms with van der Waals surface area (Å²) in [6, 6.07) is 0. The number of piperidine rings is 1. The maximum absolute atomic E-state index is 11.9. The van der Waals surface area contributed by atoms with Gasteiger partial charge in [0, 0.05) is 13.1 Å². The van der Waals surface area contributed by atoms with Crippen molar-refractivity contribution in [3.63, 3.8) is 0 Å². The average molecular weight is 270 g/mol. The first-order chi connectivity index (χ1) is 8.68. The topological polar surface area (TPSA) is 91.4 Å². The third-order valence-corrected chi connectivity index (χ3v) is 3.41. The number of hydrogen-bond acceptors (Lipinski definition) is 4. The molecule has 0 bridgehead atoms. The summed E-state index contributed by atoms with van der Waals surface area (Å²) in [5.41, 5.74) is 4.39. The molecule has 1 fully saturated rings.